The molecule has 0 radical (unpaired) electrons. The van der Waals surface area contributed by atoms with Gasteiger partial charge in [-0.15, -0.1) is 0 Å². The highest BCUT2D eigenvalue weighted by Crippen LogP contribution is 2.26. The normalized spacial score (nSPS) is 24.9. The smallest absolute Gasteiger partial charge is 0.222 e. The van der Waals surface area contributed by atoms with E-state index in [1.165, 1.54) is 0 Å². The molecule has 2 fully saturated rings. The molecule has 3 rings (SSSR count). The molecule has 2 atom stereocenters. The molecule has 2 aliphatic heterocycles. The van der Waals surface area contributed by atoms with Gasteiger partial charge in [0.15, 0.2) is 0 Å². The molecule has 1 aromatic heterocycles. The van der Waals surface area contributed by atoms with E-state index in [1.54, 1.807) is 4.90 Å². The Morgan fingerprint density at radius 2 is 2.27 bits per heavy atom. The number of nitrogens with zero attached hydrogens (tertiary/aromatic N) is 3. The molecular weight excluding hydrogens is 280 g/mol. The van der Waals surface area contributed by atoms with E-state index < -0.39 is 6.10 Å². The van der Waals surface area contributed by atoms with Crippen molar-refractivity contribution in [2.75, 3.05) is 32.7 Å². The molecule has 0 bridgehead atoms. The minimum absolute atomic E-state index is 0.183. The summed E-state index contributed by atoms with van der Waals surface area (Å²) in [5.41, 5.74) is 2.23. The summed E-state index contributed by atoms with van der Waals surface area (Å²) in [4.78, 5) is 15.7. The number of rotatable bonds is 5. The first-order valence-corrected chi connectivity index (χ1v) is 8.32. The van der Waals surface area contributed by atoms with Gasteiger partial charge in [0.1, 0.15) is 0 Å². The SMILES string of the molecule is Cc1cc([C@H]2CCCN(C[C@H](O)CN3CCCC3=O)C2)n[nH]1. The molecule has 1 aromatic rings. The summed E-state index contributed by atoms with van der Waals surface area (Å²) in [6.07, 6.45) is 3.39. The zero-order chi connectivity index (χ0) is 15.5. The maximum Gasteiger partial charge on any atom is 0.222 e. The molecular formula is C16H26N4O2. The van der Waals surface area contributed by atoms with Gasteiger partial charge >= 0.3 is 0 Å². The Balaban J connectivity index is 1.50. The first kappa shape index (κ1) is 15.5. The van der Waals surface area contributed by atoms with Crippen molar-refractivity contribution in [3.8, 4) is 0 Å². The molecule has 3 heterocycles. The highest BCUT2D eigenvalue weighted by molar-refractivity contribution is 5.78. The second-order valence-corrected chi connectivity index (χ2v) is 6.67. The Morgan fingerprint density at radius 3 is 2.95 bits per heavy atom. The van der Waals surface area contributed by atoms with E-state index in [0.29, 0.717) is 25.4 Å². The topological polar surface area (TPSA) is 72.5 Å². The van der Waals surface area contributed by atoms with Crippen LogP contribution in [-0.2, 0) is 4.79 Å². The Hall–Kier alpha value is -1.40. The molecule has 0 aliphatic carbocycles. The molecule has 0 saturated carbocycles. The summed E-state index contributed by atoms with van der Waals surface area (Å²) in [6.45, 7) is 5.89. The van der Waals surface area contributed by atoms with Crippen LogP contribution in [0.25, 0.3) is 0 Å². The van der Waals surface area contributed by atoms with E-state index in [1.807, 2.05) is 6.92 Å². The largest absolute Gasteiger partial charge is 0.390 e. The number of aliphatic hydroxyl groups is 1. The van der Waals surface area contributed by atoms with E-state index in [-0.39, 0.29) is 5.91 Å². The molecule has 0 unspecified atom stereocenters. The second kappa shape index (κ2) is 6.79. The van der Waals surface area contributed by atoms with Crippen LogP contribution < -0.4 is 0 Å². The highest BCUT2D eigenvalue weighted by atomic mass is 16.3. The first-order chi connectivity index (χ1) is 10.6. The summed E-state index contributed by atoms with van der Waals surface area (Å²) in [5, 5.41) is 17.7. The fourth-order valence-corrected chi connectivity index (χ4v) is 3.62. The standard InChI is InChI=1S/C16H26N4O2/c1-12-8-15(18-17-12)13-4-2-6-19(9-13)10-14(21)11-20-7-3-5-16(20)22/h8,13-14,21H,2-7,9-11H2,1H3,(H,17,18)/t13-,14-/m0/s1. The van der Waals surface area contributed by atoms with Crippen molar-refractivity contribution >= 4 is 5.91 Å². The molecule has 0 spiro atoms. The monoisotopic (exact) mass is 306 g/mol. The van der Waals surface area contributed by atoms with Crippen LogP contribution in [0.15, 0.2) is 6.07 Å². The molecule has 2 saturated heterocycles. The Labute approximate surface area is 131 Å². The summed E-state index contributed by atoms with van der Waals surface area (Å²) in [6, 6.07) is 2.12. The highest BCUT2D eigenvalue weighted by Gasteiger charge is 2.27. The summed E-state index contributed by atoms with van der Waals surface area (Å²) >= 11 is 0. The van der Waals surface area contributed by atoms with Crippen molar-refractivity contribution in [2.45, 2.75) is 44.6 Å². The fourth-order valence-electron chi connectivity index (χ4n) is 3.62. The van der Waals surface area contributed by atoms with Crippen LogP contribution in [0.5, 0.6) is 0 Å². The molecule has 22 heavy (non-hydrogen) atoms. The third-order valence-corrected chi connectivity index (χ3v) is 4.72. The van der Waals surface area contributed by atoms with E-state index in [0.717, 1.165) is 50.3 Å². The maximum atomic E-state index is 11.6. The molecule has 2 N–H and O–H groups in total. The van der Waals surface area contributed by atoms with E-state index in [2.05, 4.69) is 21.2 Å². The number of piperidine rings is 1. The average molecular weight is 306 g/mol. The van der Waals surface area contributed by atoms with Gasteiger partial charge in [-0.05, 0) is 38.8 Å². The number of aromatic amines is 1. The van der Waals surface area contributed by atoms with E-state index in [9.17, 15) is 9.90 Å². The lowest BCUT2D eigenvalue weighted by molar-refractivity contribution is -0.129. The Kier molecular flexibility index (Phi) is 4.78. The third kappa shape index (κ3) is 3.67. The maximum absolute atomic E-state index is 11.6. The summed E-state index contributed by atoms with van der Waals surface area (Å²) in [5.74, 6) is 0.627. The molecule has 6 nitrogen and oxygen atoms in total. The van der Waals surface area contributed by atoms with Crippen LogP contribution in [0.4, 0.5) is 0 Å². The number of carbonyl (C=O) groups is 1. The molecule has 0 aromatic carbocycles. The van der Waals surface area contributed by atoms with Crippen molar-refractivity contribution in [3.05, 3.63) is 17.5 Å². The number of H-pyrrole nitrogens is 1. The van der Waals surface area contributed by atoms with Crippen LogP contribution in [0.1, 0.15) is 43.0 Å². The zero-order valence-electron chi connectivity index (χ0n) is 13.3. The molecule has 122 valence electrons. The lowest BCUT2D eigenvalue weighted by Gasteiger charge is -2.34. The number of aromatic nitrogens is 2. The van der Waals surface area contributed by atoms with Gasteiger partial charge in [0.2, 0.25) is 5.91 Å². The summed E-state index contributed by atoms with van der Waals surface area (Å²) < 4.78 is 0. The van der Waals surface area contributed by atoms with Crippen molar-refractivity contribution in [2.24, 2.45) is 0 Å². The molecule has 6 heteroatoms. The minimum atomic E-state index is -0.457. The Bertz CT molecular complexity index is 516. The van der Waals surface area contributed by atoms with Gasteiger partial charge in [-0.1, -0.05) is 0 Å². The van der Waals surface area contributed by atoms with Gasteiger partial charge < -0.3 is 14.9 Å². The van der Waals surface area contributed by atoms with Crippen molar-refractivity contribution < 1.29 is 9.90 Å². The lowest BCUT2D eigenvalue weighted by atomic mass is 9.94. The number of carbonyl (C=O) groups excluding carboxylic acids is 1. The van der Waals surface area contributed by atoms with Gasteiger partial charge in [0.25, 0.3) is 0 Å². The van der Waals surface area contributed by atoms with Crippen LogP contribution in [0, 0.1) is 6.92 Å². The van der Waals surface area contributed by atoms with Crippen LogP contribution in [-0.4, -0.2) is 69.8 Å². The van der Waals surface area contributed by atoms with E-state index in [4.69, 9.17) is 0 Å². The number of aryl methyl sites for hydroxylation is 1. The predicted octanol–water partition coefficient (Wildman–Crippen LogP) is 0.881. The van der Waals surface area contributed by atoms with Crippen molar-refractivity contribution in [1.29, 1.82) is 0 Å². The van der Waals surface area contributed by atoms with Gasteiger partial charge in [-0.2, -0.15) is 5.10 Å². The van der Waals surface area contributed by atoms with Crippen LogP contribution in [0.3, 0.4) is 0 Å². The number of β-amino-alcohol motifs (C(OH)–C–C–N with tert-alkyl or cyclic N) is 1. The number of nitrogens with one attached hydrogen (secondary N) is 1. The first-order valence-electron chi connectivity index (χ1n) is 8.32. The number of aliphatic hydroxyl groups excluding tert-OH is 1. The zero-order valence-corrected chi connectivity index (χ0v) is 13.3. The third-order valence-electron chi connectivity index (χ3n) is 4.72. The number of amides is 1. The van der Waals surface area contributed by atoms with Gasteiger partial charge in [0.05, 0.1) is 11.8 Å². The van der Waals surface area contributed by atoms with Crippen LogP contribution >= 0.6 is 0 Å². The van der Waals surface area contributed by atoms with Crippen molar-refractivity contribution in [3.63, 3.8) is 0 Å². The van der Waals surface area contributed by atoms with Crippen molar-refractivity contribution in [1.82, 2.24) is 20.0 Å². The number of likely N-dealkylation sites (tertiary alicyclic amines) is 2. The Morgan fingerprint density at radius 1 is 1.41 bits per heavy atom. The number of hydrogen-bond acceptors (Lipinski definition) is 4. The summed E-state index contributed by atoms with van der Waals surface area (Å²) in [7, 11) is 0. The molecule has 2 aliphatic rings. The number of hydrogen-bond donors (Lipinski definition) is 2. The minimum Gasteiger partial charge on any atom is -0.390 e. The van der Waals surface area contributed by atoms with E-state index >= 15 is 0 Å². The lowest BCUT2D eigenvalue weighted by Crippen LogP contribution is -2.44. The van der Waals surface area contributed by atoms with Crippen LogP contribution in [0.2, 0.25) is 0 Å². The average Bonchev–Trinajstić information content (AvgIpc) is 3.09. The predicted molar refractivity (Wildman–Crippen MR) is 83.6 cm³/mol. The quantitative estimate of drug-likeness (QED) is 0.847. The fraction of sp³-hybridized carbons (Fsp3) is 0.750. The molecule has 1 amide bonds. The van der Waals surface area contributed by atoms with Gasteiger partial charge in [-0.3, -0.25) is 9.89 Å². The van der Waals surface area contributed by atoms with Gasteiger partial charge in [-0.25, -0.2) is 0 Å². The van der Waals surface area contributed by atoms with Gasteiger partial charge in [0, 0.05) is 44.2 Å². The second-order valence-electron chi connectivity index (χ2n) is 6.67.